The van der Waals surface area contributed by atoms with Crippen LogP contribution in [0.5, 0.6) is 5.75 Å². The third-order valence-corrected chi connectivity index (χ3v) is 3.53. The van der Waals surface area contributed by atoms with Gasteiger partial charge in [-0.3, -0.25) is 4.79 Å². The molecule has 90 valence electrons. The molecule has 2 aromatic rings. The summed E-state index contributed by atoms with van der Waals surface area (Å²) in [4.78, 5) is 16.8. The molecule has 0 aromatic carbocycles. The zero-order valence-corrected chi connectivity index (χ0v) is 10.7. The van der Waals surface area contributed by atoms with Gasteiger partial charge in [-0.25, -0.2) is 4.98 Å². The number of carbonyl (C=O) groups is 1. The Bertz CT molecular complexity index is 516. The molecule has 0 unspecified atom stereocenters. The number of aryl methyl sites for hydroxylation is 2. The summed E-state index contributed by atoms with van der Waals surface area (Å²) >= 11 is 1.42. The molecule has 2 rings (SSSR count). The minimum absolute atomic E-state index is 0.140. The van der Waals surface area contributed by atoms with Crippen LogP contribution >= 0.6 is 11.3 Å². The van der Waals surface area contributed by atoms with Crippen molar-refractivity contribution in [2.24, 2.45) is 7.05 Å². The van der Waals surface area contributed by atoms with Gasteiger partial charge in [0.05, 0.1) is 12.0 Å². The lowest BCUT2D eigenvalue weighted by Crippen LogP contribution is -2.03. The van der Waals surface area contributed by atoms with Gasteiger partial charge in [0.15, 0.2) is 5.78 Å². The summed E-state index contributed by atoms with van der Waals surface area (Å²) in [6.45, 7) is 0. The Balaban J connectivity index is 1.95. The minimum Gasteiger partial charge on any atom is -0.496 e. The third-order valence-electron chi connectivity index (χ3n) is 2.58. The second-order valence-electron chi connectivity index (χ2n) is 3.73. The number of carbonyl (C=O) groups excluding carboxylic acids is 1. The van der Waals surface area contributed by atoms with Crippen LogP contribution in [-0.2, 0) is 13.5 Å². The summed E-state index contributed by atoms with van der Waals surface area (Å²) in [6, 6.07) is 1.78. The zero-order chi connectivity index (χ0) is 12.3. The van der Waals surface area contributed by atoms with Crippen molar-refractivity contribution in [1.82, 2.24) is 9.55 Å². The van der Waals surface area contributed by atoms with E-state index >= 15 is 0 Å². The molecule has 0 aliphatic carbocycles. The molecular formula is C12H14N2O2S. The van der Waals surface area contributed by atoms with Crippen LogP contribution in [-0.4, -0.2) is 22.4 Å². The molecule has 0 bridgehead atoms. The van der Waals surface area contributed by atoms with E-state index in [0.717, 1.165) is 16.5 Å². The lowest BCUT2D eigenvalue weighted by atomic mass is 10.2. The van der Waals surface area contributed by atoms with Crippen LogP contribution in [0.3, 0.4) is 0 Å². The van der Waals surface area contributed by atoms with Crippen molar-refractivity contribution in [1.29, 1.82) is 0 Å². The normalized spacial score (nSPS) is 10.5. The van der Waals surface area contributed by atoms with Crippen LogP contribution in [0.15, 0.2) is 23.8 Å². The van der Waals surface area contributed by atoms with Gasteiger partial charge < -0.3 is 9.30 Å². The number of hydrogen-bond donors (Lipinski definition) is 0. The molecule has 0 N–H and O–H groups in total. The maximum absolute atomic E-state index is 11.9. The average Bonchev–Trinajstić information content (AvgIpc) is 2.94. The van der Waals surface area contributed by atoms with E-state index in [4.69, 9.17) is 4.74 Å². The molecule has 0 saturated carbocycles. The first-order chi connectivity index (χ1) is 8.20. The zero-order valence-electron chi connectivity index (χ0n) is 9.84. The van der Waals surface area contributed by atoms with Crippen molar-refractivity contribution in [2.75, 3.05) is 7.11 Å². The first-order valence-corrected chi connectivity index (χ1v) is 6.20. The predicted molar refractivity (Wildman–Crippen MR) is 66.7 cm³/mol. The number of thiophene rings is 1. The third kappa shape index (κ3) is 2.74. The number of Topliss-reactive ketones (excluding diaryl/α,β-unsaturated/α-hetero) is 1. The summed E-state index contributed by atoms with van der Waals surface area (Å²) in [7, 11) is 3.53. The number of ketones is 1. The maximum Gasteiger partial charge on any atom is 0.173 e. The van der Waals surface area contributed by atoms with Gasteiger partial charge >= 0.3 is 0 Å². The molecule has 5 heteroatoms. The Morgan fingerprint density at radius 3 is 3.00 bits per heavy atom. The number of ether oxygens (including phenoxy) is 1. The molecule has 0 radical (unpaired) electrons. The molecule has 0 amide bonds. The number of hydrogen-bond acceptors (Lipinski definition) is 4. The SMILES string of the molecule is COc1csc(C(=O)CCc2nccn2C)c1. The van der Waals surface area contributed by atoms with Crippen LogP contribution in [0.2, 0.25) is 0 Å². The molecule has 0 fully saturated rings. The van der Waals surface area contributed by atoms with E-state index in [0.29, 0.717) is 12.8 Å². The molecule has 2 heterocycles. The lowest BCUT2D eigenvalue weighted by Gasteiger charge is -2.00. The summed E-state index contributed by atoms with van der Waals surface area (Å²) in [5.41, 5.74) is 0. The van der Waals surface area contributed by atoms with Gasteiger partial charge in [-0.15, -0.1) is 11.3 Å². The largest absolute Gasteiger partial charge is 0.496 e. The number of nitrogens with zero attached hydrogens (tertiary/aromatic N) is 2. The molecule has 0 atom stereocenters. The van der Waals surface area contributed by atoms with E-state index in [1.165, 1.54) is 11.3 Å². The van der Waals surface area contributed by atoms with E-state index < -0.39 is 0 Å². The highest BCUT2D eigenvalue weighted by Gasteiger charge is 2.11. The van der Waals surface area contributed by atoms with Crippen LogP contribution < -0.4 is 4.74 Å². The topological polar surface area (TPSA) is 44.1 Å². The van der Waals surface area contributed by atoms with Crippen molar-refractivity contribution in [3.63, 3.8) is 0 Å². The van der Waals surface area contributed by atoms with Gasteiger partial charge in [-0.05, 0) is 0 Å². The second kappa shape index (κ2) is 5.14. The molecule has 0 spiro atoms. The predicted octanol–water partition coefficient (Wildman–Crippen LogP) is 2.31. The number of aromatic nitrogens is 2. The Kier molecular flexibility index (Phi) is 3.58. The van der Waals surface area contributed by atoms with Gasteiger partial charge in [-0.2, -0.15) is 0 Å². The van der Waals surface area contributed by atoms with Crippen molar-refractivity contribution in [3.8, 4) is 5.75 Å². The fourth-order valence-electron chi connectivity index (χ4n) is 1.56. The van der Waals surface area contributed by atoms with Crippen LogP contribution in [0.25, 0.3) is 0 Å². The van der Waals surface area contributed by atoms with E-state index in [1.54, 1.807) is 19.4 Å². The first-order valence-electron chi connectivity index (χ1n) is 5.32. The summed E-state index contributed by atoms with van der Waals surface area (Å²) < 4.78 is 6.99. The van der Waals surface area contributed by atoms with Crippen molar-refractivity contribution >= 4 is 17.1 Å². The Hall–Kier alpha value is -1.62. The van der Waals surface area contributed by atoms with Gasteiger partial charge in [0.2, 0.25) is 0 Å². The van der Waals surface area contributed by atoms with Gasteiger partial charge in [0.25, 0.3) is 0 Å². The average molecular weight is 250 g/mol. The van der Waals surface area contributed by atoms with Crippen molar-refractivity contribution in [2.45, 2.75) is 12.8 Å². The van der Waals surface area contributed by atoms with E-state index in [9.17, 15) is 4.79 Å². The fraction of sp³-hybridized carbons (Fsp3) is 0.333. The van der Waals surface area contributed by atoms with Crippen LogP contribution in [0.4, 0.5) is 0 Å². The lowest BCUT2D eigenvalue weighted by molar-refractivity contribution is 0.0985. The Labute approximate surface area is 104 Å². The second-order valence-corrected chi connectivity index (χ2v) is 4.64. The number of rotatable bonds is 5. The molecule has 0 saturated heterocycles. The van der Waals surface area contributed by atoms with Gasteiger partial charge in [0, 0.05) is 43.7 Å². The van der Waals surface area contributed by atoms with E-state index in [2.05, 4.69) is 4.98 Å². The summed E-state index contributed by atoms with van der Waals surface area (Å²) in [5.74, 6) is 1.82. The summed E-state index contributed by atoms with van der Waals surface area (Å²) in [6.07, 6.45) is 4.78. The van der Waals surface area contributed by atoms with Crippen molar-refractivity contribution in [3.05, 3.63) is 34.5 Å². The molecule has 0 aliphatic rings. The quantitative estimate of drug-likeness (QED) is 0.765. The molecule has 2 aromatic heterocycles. The molecule has 0 aliphatic heterocycles. The highest BCUT2D eigenvalue weighted by Crippen LogP contribution is 2.22. The number of imidazole rings is 1. The highest BCUT2D eigenvalue weighted by molar-refractivity contribution is 7.12. The van der Waals surface area contributed by atoms with Crippen LogP contribution in [0.1, 0.15) is 21.9 Å². The first kappa shape index (κ1) is 11.9. The standard InChI is InChI=1S/C12H14N2O2S/c1-14-6-5-13-12(14)4-3-10(15)11-7-9(16-2)8-17-11/h5-8H,3-4H2,1-2H3. The van der Waals surface area contributed by atoms with Gasteiger partial charge in [0.1, 0.15) is 11.6 Å². The van der Waals surface area contributed by atoms with Crippen LogP contribution in [0, 0.1) is 0 Å². The molecular weight excluding hydrogens is 236 g/mol. The van der Waals surface area contributed by atoms with E-state index in [1.807, 2.05) is 23.2 Å². The Morgan fingerprint density at radius 1 is 1.59 bits per heavy atom. The maximum atomic E-state index is 11.9. The minimum atomic E-state index is 0.140. The highest BCUT2D eigenvalue weighted by atomic mass is 32.1. The summed E-state index contributed by atoms with van der Waals surface area (Å²) in [5, 5.41) is 1.84. The fourth-order valence-corrected chi connectivity index (χ4v) is 2.38. The molecule has 4 nitrogen and oxygen atoms in total. The Morgan fingerprint density at radius 2 is 2.41 bits per heavy atom. The van der Waals surface area contributed by atoms with Crippen molar-refractivity contribution < 1.29 is 9.53 Å². The number of methoxy groups -OCH3 is 1. The monoisotopic (exact) mass is 250 g/mol. The smallest absolute Gasteiger partial charge is 0.173 e. The van der Waals surface area contributed by atoms with Gasteiger partial charge in [-0.1, -0.05) is 0 Å². The molecule has 17 heavy (non-hydrogen) atoms. The van der Waals surface area contributed by atoms with E-state index in [-0.39, 0.29) is 5.78 Å².